The lowest BCUT2D eigenvalue weighted by atomic mass is 10.2. The van der Waals surface area contributed by atoms with Crippen molar-refractivity contribution in [3.63, 3.8) is 0 Å². The van der Waals surface area contributed by atoms with E-state index in [2.05, 4.69) is 0 Å². The number of carbonyl (C=O) groups excluding carboxylic acids is 1. The Kier molecular flexibility index (Phi) is 5.16. The fraction of sp³-hybridized carbons (Fsp3) is 0.167. The zero-order valence-electron chi connectivity index (χ0n) is 12.2. The van der Waals surface area contributed by atoms with Gasteiger partial charge >= 0.3 is 5.97 Å². The molecule has 0 aliphatic carbocycles. The van der Waals surface area contributed by atoms with E-state index in [1.807, 2.05) is 73.7 Å². The van der Waals surface area contributed by atoms with Crippen LogP contribution in [0.3, 0.4) is 0 Å². The number of ether oxygens (including phenoxy) is 2. The molecule has 3 heteroatoms. The van der Waals surface area contributed by atoms with Gasteiger partial charge in [0.1, 0.15) is 17.6 Å². The summed E-state index contributed by atoms with van der Waals surface area (Å²) < 4.78 is 10.8. The number of hydrogen-bond donors (Lipinski definition) is 0. The van der Waals surface area contributed by atoms with Crippen LogP contribution in [0.1, 0.15) is 19.4 Å². The first-order chi connectivity index (χ1) is 10.1. The Morgan fingerprint density at radius 1 is 1.05 bits per heavy atom. The molecule has 2 aromatic rings. The van der Waals surface area contributed by atoms with Crippen LogP contribution in [0.2, 0.25) is 0 Å². The highest BCUT2D eigenvalue weighted by Crippen LogP contribution is 2.22. The van der Waals surface area contributed by atoms with Gasteiger partial charge in [-0.2, -0.15) is 0 Å². The lowest BCUT2D eigenvalue weighted by molar-refractivity contribution is -0.143. The van der Waals surface area contributed by atoms with Gasteiger partial charge in [0.2, 0.25) is 0 Å². The van der Waals surface area contributed by atoms with E-state index in [1.165, 1.54) is 6.92 Å². The molecule has 0 aromatic heterocycles. The Balaban J connectivity index is 2.04. The largest absolute Gasteiger partial charge is 0.459 e. The van der Waals surface area contributed by atoms with E-state index in [9.17, 15) is 4.79 Å². The number of esters is 1. The van der Waals surface area contributed by atoms with Crippen LogP contribution in [0.25, 0.3) is 6.08 Å². The van der Waals surface area contributed by atoms with Gasteiger partial charge in [-0.15, -0.1) is 0 Å². The Labute approximate surface area is 124 Å². The van der Waals surface area contributed by atoms with Crippen molar-refractivity contribution in [2.24, 2.45) is 0 Å². The van der Waals surface area contributed by atoms with Crippen LogP contribution in [-0.2, 0) is 9.53 Å². The van der Waals surface area contributed by atoms with Crippen molar-refractivity contribution in [3.8, 4) is 11.5 Å². The van der Waals surface area contributed by atoms with E-state index < -0.39 is 0 Å². The molecule has 0 radical (unpaired) electrons. The van der Waals surface area contributed by atoms with Gasteiger partial charge in [0, 0.05) is 6.92 Å². The normalized spacial score (nSPS) is 12.1. The summed E-state index contributed by atoms with van der Waals surface area (Å²) >= 11 is 0. The highest BCUT2D eigenvalue weighted by molar-refractivity contribution is 5.66. The smallest absolute Gasteiger partial charge is 0.303 e. The summed E-state index contributed by atoms with van der Waals surface area (Å²) in [7, 11) is 0. The molecule has 0 unspecified atom stereocenters. The Bertz CT molecular complexity index is 617. The Morgan fingerprint density at radius 3 is 2.48 bits per heavy atom. The fourth-order valence-corrected chi connectivity index (χ4v) is 1.85. The number of hydrogen-bond acceptors (Lipinski definition) is 3. The van der Waals surface area contributed by atoms with Crippen molar-refractivity contribution in [1.29, 1.82) is 0 Å². The third-order valence-electron chi connectivity index (χ3n) is 2.75. The Morgan fingerprint density at radius 2 is 1.76 bits per heavy atom. The number of rotatable bonds is 5. The molecule has 0 amide bonds. The SMILES string of the molecule is CC(=O)O[C@H](C)/C=C/c1cccc(Oc2ccccc2)c1. The second-order valence-electron chi connectivity index (χ2n) is 4.66. The first kappa shape index (κ1) is 14.9. The average Bonchev–Trinajstić information content (AvgIpc) is 2.46. The monoisotopic (exact) mass is 282 g/mol. The second-order valence-corrected chi connectivity index (χ2v) is 4.66. The molecule has 0 fully saturated rings. The maximum Gasteiger partial charge on any atom is 0.303 e. The molecule has 2 rings (SSSR count). The molecule has 2 aromatic carbocycles. The van der Waals surface area contributed by atoms with Crippen LogP contribution in [0.15, 0.2) is 60.7 Å². The summed E-state index contributed by atoms with van der Waals surface area (Å²) in [5.74, 6) is 1.28. The fourth-order valence-electron chi connectivity index (χ4n) is 1.85. The summed E-state index contributed by atoms with van der Waals surface area (Å²) in [6.07, 6.45) is 3.50. The van der Waals surface area contributed by atoms with Crippen molar-refractivity contribution in [3.05, 3.63) is 66.2 Å². The summed E-state index contributed by atoms with van der Waals surface area (Å²) in [5, 5.41) is 0. The first-order valence-electron chi connectivity index (χ1n) is 6.82. The van der Waals surface area contributed by atoms with E-state index in [4.69, 9.17) is 9.47 Å². The molecule has 0 saturated heterocycles. The molecule has 0 spiro atoms. The molecular weight excluding hydrogens is 264 g/mol. The highest BCUT2D eigenvalue weighted by Gasteiger charge is 2.01. The lowest BCUT2D eigenvalue weighted by Gasteiger charge is -2.07. The minimum atomic E-state index is -0.284. The van der Waals surface area contributed by atoms with Gasteiger partial charge in [0.15, 0.2) is 0 Å². The molecule has 21 heavy (non-hydrogen) atoms. The zero-order valence-corrected chi connectivity index (χ0v) is 12.2. The van der Waals surface area contributed by atoms with Crippen molar-refractivity contribution in [2.75, 3.05) is 0 Å². The van der Waals surface area contributed by atoms with E-state index in [-0.39, 0.29) is 12.1 Å². The predicted molar refractivity (Wildman–Crippen MR) is 83.2 cm³/mol. The molecule has 108 valence electrons. The van der Waals surface area contributed by atoms with Crippen LogP contribution in [0.5, 0.6) is 11.5 Å². The van der Waals surface area contributed by atoms with Gasteiger partial charge < -0.3 is 9.47 Å². The minimum absolute atomic E-state index is 0.249. The van der Waals surface area contributed by atoms with E-state index in [0.717, 1.165) is 17.1 Å². The average molecular weight is 282 g/mol. The maximum atomic E-state index is 10.8. The van der Waals surface area contributed by atoms with Gasteiger partial charge in [-0.1, -0.05) is 36.4 Å². The molecule has 0 bridgehead atoms. The number of carbonyl (C=O) groups is 1. The molecule has 0 aliphatic rings. The van der Waals surface area contributed by atoms with Crippen molar-refractivity contribution in [1.82, 2.24) is 0 Å². The van der Waals surface area contributed by atoms with Crippen molar-refractivity contribution >= 4 is 12.0 Å². The molecule has 0 saturated carbocycles. The topological polar surface area (TPSA) is 35.5 Å². The van der Waals surface area contributed by atoms with Crippen LogP contribution < -0.4 is 4.74 Å². The second kappa shape index (κ2) is 7.29. The molecule has 1 atom stereocenters. The van der Waals surface area contributed by atoms with Crippen molar-refractivity contribution in [2.45, 2.75) is 20.0 Å². The quantitative estimate of drug-likeness (QED) is 0.760. The van der Waals surface area contributed by atoms with E-state index in [1.54, 1.807) is 0 Å². The zero-order chi connectivity index (χ0) is 15.1. The number of para-hydroxylation sites is 1. The molecule has 0 heterocycles. The van der Waals surface area contributed by atoms with Gasteiger partial charge in [0.25, 0.3) is 0 Å². The van der Waals surface area contributed by atoms with Gasteiger partial charge in [0.05, 0.1) is 0 Å². The van der Waals surface area contributed by atoms with Gasteiger partial charge in [-0.25, -0.2) is 0 Å². The number of benzene rings is 2. The molecule has 0 N–H and O–H groups in total. The van der Waals surface area contributed by atoms with E-state index >= 15 is 0 Å². The summed E-state index contributed by atoms with van der Waals surface area (Å²) in [5.41, 5.74) is 0.988. The van der Waals surface area contributed by atoms with Crippen LogP contribution in [0, 0.1) is 0 Å². The Hall–Kier alpha value is -2.55. The van der Waals surface area contributed by atoms with Crippen molar-refractivity contribution < 1.29 is 14.3 Å². The third kappa shape index (κ3) is 5.15. The highest BCUT2D eigenvalue weighted by atomic mass is 16.5. The van der Waals surface area contributed by atoms with Gasteiger partial charge in [-0.05, 0) is 42.8 Å². The first-order valence-corrected chi connectivity index (χ1v) is 6.82. The summed E-state index contributed by atoms with van der Waals surface area (Å²) in [4.78, 5) is 10.8. The molecule has 3 nitrogen and oxygen atoms in total. The summed E-state index contributed by atoms with van der Waals surface area (Å²) in [6.45, 7) is 3.22. The van der Waals surface area contributed by atoms with Crippen LogP contribution in [0.4, 0.5) is 0 Å². The molecule has 0 aliphatic heterocycles. The van der Waals surface area contributed by atoms with E-state index in [0.29, 0.717) is 0 Å². The lowest BCUT2D eigenvalue weighted by Crippen LogP contribution is -2.08. The molecular formula is C18H18O3. The standard InChI is InChI=1S/C18H18O3/c1-14(20-15(2)19)11-12-16-7-6-10-18(13-16)21-17-8-4-3-5-9-17/h3-14H,1-2H3/b12-11+/t14-/m1/s1. The minimum Gasteiger partial charge on any atom is -0.459 e. The maximum absolute atomic E-state index is 10.8. The third-order valence-corrected chi connectivity index (χ3v) is 2.75. The summed E-state index contributed by atoms with van der Waals surface area (Å²) in [6, 6.07) is 17.4. The van der Waals surface area contributed by atoms with Gasteiger partial charge in [-0.3, -0.25) is 4.79 Å². The van der Waals surface area contributed by atoms with Crippen LogP contribution >= 0.6 is 0 Å². The van der Waals surface area contributed by atoms with Crippen LogP contribution in [-0.4, -0.2) is 12.1 Å². The predicted octanol–water partition coefficient (Wildman–Crippen LogP) is 4.44.